The number of halogens is 3. The minimum Gasteiger partial charge on any atom is -0.483 e. The fourth-order valence-corrected chi connectivity index (χ4v) is 3.00. The smallest absolute Gasteiger partial charge is 0.276 e. The maximum absolute atomic E-state index is 11.8. The van der Waals surface area contributed by atoms with E-state index in [0.717, 1.165) is 13.4 Å². The summed E-state index contributed by atoms with van der Waals surface area (Å²) in [7, 11) is 0. The lowest BCUT2D eigenvalue weighted by Gasteiger charge is -2.10. The van der Waals surface area contributed by atoms with E-state index in [0.29, 0.717) is 11.3 Å². The van der Waals surface area contributed by atoms with E-state index >= 15 is 0 Å². The van der Waals surface area contributed by atoms with Crippen molar-refractivity contribution >= 4 is 59.6 Å². The lowest BCUT2D eigenvalue weighted by Crippen LogP contribution is -2.43. The number of hydrogen-bond donors (Lipinski definition) is 2. The van der Waals surface area contributed by atoms with Crippen molar-refractivity contribution in [3.05, 3.63) is 61.4 Å². The molecule has 5 nitrogen and oxygen atoms in total. The highest BCUT2D eigenvalue weighted by molar-refractivity contribution is 9.11. The molecule has 2 amide bonds. The molecule has 8 heteroatoms. The summed E-state index contributed by atoms with van der Waals surface area (Å²) < 4.78 is 7.85. The van der Waals surface area contributed by atoms with Crippen LogP contribution in [-0.2, 0) is 4.79 Å². The van der Waals surface area contributed by atoms with Crippen LogP contribution < -0.4 is 15.6 Å². The van der Waals surface area contributed by atoms with Crippen LogP contribution in [0.25, 0.3) is 0 Å². The highest BCUT2D eigenvalue weighted by Crippen LogP contribution is 2.28. The maximum Gasteiger partial charge on any atom is 0.276 e. The van der Waals surface area contributed by atoms with Crippen LogP contribution in [0, 0.1) is 0 Å². The summed E-state index contributed by atoms with van der Waals surface area (Å²) in [5.74, 6) is -0.344. The summed E-state index contributed by atoms with van der Waals surface area (Å²) in [5, 5.41) is 0. The lowest BCUT2D eigenvalue weighted by atomic mass is 10.2. The molecule has 0 saturated carbocycles. The first-order valence-corrected chi connectivity index (χ1v) is 8.76. The minimum atomic E-state index is -0.467. The largest absolute Gasteiger partial charge is 0.483 e. The van der Waals surface area contributed by atoms with Gasteiger partial charge in [-0.15, -0.1) is 0 Å². The molecule has 0 aromatic heterocycles. The molecule has 0 spiro atoms. The second-order valence-electron chi connectivity index (χ2n) is 4.37. The van der Waals surface area contributed by atoms with Crippen LogP contribution in [0.4, 0.5) is 0 Å². The van der Waals surface area contributed by atoms with Crippen molar-refractivity contribution in [1.29, 1.82) is 0 Å². The Kier molecular flexibility index (Phi) is 6.61. The normalized spacial score (nSPS) is 10.0. The summed E-state index contributed by atoms with van der Waals surface area (Å²) in [6, 6.07) is 12.1. The Labute approximate surface area is 158 Å². The standard InChI is InChI=1S/C15H11Br3N2O3/c16-10-3-1-9(2-4-10)15(22)20-19-14(21)8-23-13-6-5-11(17)7-12(13)18/h1-7H,8H2,(H,19,21)(H,20,22). The molecule has 0 aliphatic heterocycles. The van der Waals surface area contributed by atoms with Crippen LogP contribution >= 0.6 is 47.8 Å². The zero-order valence-corrected chi connectivity index (χ0v) is 16.4. The Morgan fingerprint density at radius 2 is 1.57 bits per heavy atom. The van der Waals surface area contributed by atoms with Crippen molar-refractivity contribution < 1.29 is 14.3 Å². The Morgan fingerprint density at radius 3 is 2.22 bits per heavy atom. The molecule has 23 heavy (non-hydrogen) atoms. The second-order valence-corrected chi connectivity index (χ2v) is 7.06. The quantitative estimate of drug-likeness (QED) is 0.620. The molecule has 0 aliphatic carbocycles. The van der Waals surface area contributed by atoms with Gasteiger partial charge in [-0.3, -0.25) is 20.4 Å². The number of hydrogen-bond acceptors (Lipinski definition) is 3. The lowest BCUT2D eigenvalue weighted by molar-refractivity contribution is -0.123. The number of carbonyl (C=O) groups excluding carboxylic acids is 2. The second kappa shape index (κ2) is 8.47. The summed E-state index contributed by atoms with van der Waals surface area (Å²) in [4.78, 5) is 23.5. The first-order chi connectivity index (χ1) is 11.0. The summed E-state index contributed by atoms with van der Waals surface area (Å²) in [6.45, 7) is -0.221. The average Bonchev–Trinajstić information content (AvgIpc) is 2.52. The van der Waals surface area contributed by atoms with Gasteiger partial charge in [0.25, 0.3) is 11.8 Å². The van der Waals surface area contributed by atoms with Crippen molar-refractivity contribution in [1.82, 2.24) is 10.9 Å². The Balaban J connectivity index is 1.81. The zero-order valence-electron chi connectivity index (χ0n) is 11.6. The molecule has 0 fully saturated rings. The van der Waals surface area contributed by atoms with E-state index in [1.807, 2.05) is 6.07 Å². The van der Waals surface area contributed by atoms with Gasteiger partial charge in [-0.25, -0.2) is 0 Å². The molecule has 0 radical (unpaired) electrons. The van der Waals surface area contributed by atoms with Crippen LogP contribution in [0.1, 0.15) is 10.4 Å². The topological polar surface area (TPSA) is 67.4 Å². The van der Waals surface area contributed by atoms with E-state index in [1.54, 1.807) is 36.4 Å². The molecule has 0 atom stereocenters. The summed E-state index contributed by atoms with van der Waals surface area (Å²) in [6.07, 6.45) is 0. The third kappa shape index (κ3) is 5.63. The van der Waals surface area contributed by atoms with E-state index in [1.165, 1.54) is 0 Å². The SMILES string of the molecule is O=C(COc1ccc(Br)cc1Br)NNC(=O)c1ccc(Br)cc1. The molecule has 0 bridgehead atoms. The number of amides is 2. The van der Waals surface area contributed by atoms with Gasteiger partial charge >= 0.3 is 0 Å². The van der Waals surface area contributed by atoms with Gasteiger partial charge in [0.05, 0.1) is 4.47 Å². The fraction of sp³-hybridized carbons (Fsp3) is 0.0667. The predicted octanol–water partition coefficient (Wildman–Crippen LogP) is 3.81. The monoisotopic (exact) mass is 504 g/mol. The Bertz CT molecular complexity index is 720. The van der Waals surface area contributed by atoms with Crippen LogP contribution in [0.2, 0.25) is 0 Å². The van der Waals surface area contributed by atoms with E-state index < -0.39 is 11.8 Å². The molecule has 0 heterocycles. The zero-order chi connectivity index (χ0) is 16.8. The van der Waals surface area contributed by atoms with Gasteiger partial charge in [0.15, 0.2) is 6.61 Å². The Morgan fingerprint density at radius 1 is 0.913 bits per heavy atom. The minimum absolute atomic E-state index is 0.221. The van der Waals surface area contributed by atoms with Crippen LogP contribution in [0.15, 0.2) is 55.9 Å². The van der Waals surface area contributed by atoms with Gasteiger partial charge in [0, 0.05) is 14.5 Å². The van der Waals surface area contributed by atoms with Crippen molar-refractivity contribution in [2.45, 2.75) is 0 Å². The number of ether oxygens (including phenoxy) is 1. The summed E-state index contributed by atoms with van der Waals surface area (Å²) >= 11 is 9.95. The predicted molar refractivity (Wildman–Crippen MR) is 97.1 cm³/mol. The maximum atomic E-state index is 11.8. The van der Waals surface area contributed by atoms with Gasteiger partial charge in [0.2, 0.25) is 0 Å². The van der Waals surface area contributed by atoms with Gasteiger partial charge in [0.1, 0.15) is 5.75 Å². The van der Waals surface area contributed by atoms with E-state index in [-0.39, 0.29) is 6.61 Å². The average molecular weight is 507 g/mol. The molecule has 2 rings (SSSR count). The molecule has 120 valence electrons. The molecular weight excluding hydrogens is 496 g/mol. The van der Waals surface area contributed by atoms with Crippen LogP contribution in [0.3, 0.4) is 0 Å². The van der Waals surface area contributed by atoms with Crippen molar-refractivity contribution in [3.63, 3.8) is 0 Å². The van der Waals surface area contributed by atoms with Gasteiger partial charge < -0.3 is 4.74 Å². The number of carbonyl (C=O) groups is 2. The number of rotatable bonds is 4. The van der Waals surface area contributed by atoms with Crippen molar-refractivity contribution in [3.8, 4) is 5.75 Å². The van der Waals surface area contributed by atoms with E-state index in [9.17, 15) is 9.59 Å². The van der Waals surface area contributed by atoms with Gasteiger partial charge in [-0.05, 0) is 58.4 Å². The molecule has 2 aromatic rings. The highest BCUT2D eigenvalue weighted by Gasteiger charge is 2.09. The summed E-state index contributed by atoms with van der Waals surface area (Å²) in [5.41, 5.74) is 5.06. The van der Waals surface area contributed by atoms with E-state index in [4.69, 9.17) is 4.74 Å². The van der Waals surface area contributed by atoms with Crippen LogP contribution in [-0.4, -0.2) is 18.4 Å². The third-order valence-corrected chi connectivity index (χ3v) is 4.32. The third-order valence-electron chi connectivity index (χ3n) is 2.67. The highest BCUT2D eigenvalue weighted by atomic mass is 79.9. The number of nitrogens with one attached hydrogen (secondary N) is 2. The molecular formula is C15H11Br3N2O3. The van der Waals surface area contributed by atoms with Crippen LogP contribution in [0.5, 0.6) is 5.75 Å². The molecule has 2 aromatic carbocycles. The van der Waals surface area contributed by atoms with Gasteiger partial charge in [-0.2, -0.15) is 0 Å². The first kappa shape index (κ1) is 18.0. The molecule has 0 unspecified atom stereocenters. The van der Waals surface area contributed by atoms with Crippen molar-refractivity contribution in [2.24, 2.45) is 0 Å². The molecule has 2 N–H and O–H groups in total. The molecule has 0 aliphatic rings. The molecule has 0 saturated heterocycles. The van der Waals surface area contributed by atoms with E-state index in [2.05, 4.69) is 58.6 Å². The number of benzene rings is 2. The van der Waals surface area contributed by atoms with Gasteiger partial charge in [-0.1, -0.05) is 31.9 Å². The Hall–Kier alpha value is -1.38. The first-order valence-electron chi connectivity index (χ1n) is 6.38. The fourth-order valence-electron chi connectivity index (χ4n) is 1.57. The number of hydrazine groups is 1. The van der Waals surface area contributed by atoms with Crippen molar-refractivity contribution in [2.75, 3.05) is 6.61 Å².